The number of rotatable bonds is 5. The molecule has 11 heteroatoms. The van der Waals surface area contributed by atoms with Crippen molar-refractivity contribution in [2.75, 3.05) is 5.32 Å². The Kier molecular flexibility index (Phi) is 4.62. The number of nitro benzene ring substituents is 1. The lowest BCUT2D eigenvalue weighted by Gasteiger charge is -2.03. The highest BCUT2D eigenvalue weighted by atomic mass is 16.6. The van der Waals surface area contributed by atoms with Crippen LogP contribution >= 0.6 is 0 Å². The molecule has 2 amide bonds. The number of anilines is 1. The molecule has 1 heterocycles. The minimum absolute atomic E-state index is 0.0901. The van der Waals surface area contributed by atoms with Crippen molar-refractivity contribution < 1.29 is 19.1 Å². The van der Waals surface area contributed by atoms with Crippen molar-refractivity contribution in [1.29, 1.82) is 0 Å². The van der Waals surface area contributed by atoms with Crippen LogP contribution in [0.3, 0.4) is 0 Å². The van der Waals surface area contributed by atoms with Gasteiger partial charge in [-0.3, -0.25) is 20.2 Å². The van der Waals surface area contributed by atoms with Crippen LogP contribution in [0.5, 0.6) is 0 Å². The van der Waals surface area contributed by atoms with E-state index in [1.165, 1.54) is 30.3 Å². The lowest BCUT2D eigenvalue weighted by atomic mass is 10.3. The van der Waals surface area contributed by atoms with Gasteiger partial charge >= 0.3 is 11.9 Å². The normalized spacial score (nSPS) is 10.4. The molecule has 0 aliphatic heterocycles. The van der Waals surface area contributed by atoms with E-state index in [-0.39, 0.29) is 11.4 Å². The van der Waals surface area contributed by atoms with Crippen LogP contribution in [0.15, 0.2) is 45.9 Å². The maximum absolute atomic E-state index is 11.5. The molecule has 0 spiro atoms. The third kappa shape index (κ3) is 4.35. The number of hydrogen-bond acceptors (Lipinski definition) is 7. The SMILES string of the molecule is O=C(N/N=C/c1ccc([N+](=O)[O-])o1)Nc1ccc([N+](=O)[O-])cc1. The molecule has 1 aromatic heterocycles. The summed E-state index contributed by atoms with van der Waals surface area (Å²) < 4.78 is 4.80. The largest absolute Gasteiger partial charge is 0.433 e. The first-order valence-electron chi connectivity index (χ1n) is 6.04. The monoisotopic (exact) mass is 319 g/mol. The van der Waals surface area contributed by atoms with Gasteiger partial charge in [0.05, 0.1) is 17.2 Å². The summed E-state index contributed by atoms with van der Waals surface area (Å²) in [7, 11) is 0. The molecule has 2 aromatic rings. The smallest absolute Gasteiger partial charge is 0.400 e. The summed E-state index contributed by atoms with van der Waals surface area (Å²) in [5.41, 5.74) is 2.34. The second kappa shape index (κ2) is 6.80. The molecule has 0 radical (unpaired) electrons. The average Bonchev–Trinajstić information content (AvgIpc) is 2.97. The van der Waals surface area contributed by atoms with Crippen molar-refractivity contribution in [3.63, 3.8) is 0 Å². The molecular formula is C12H9N5O6. The van der Waals surface area contributed by atoms with E-state index in [0.717, 1.165) is 12.3 Å². The average molecular weight is 319 g/mol. The number of carbonyl (C=O) groups is 1. The first-order valence-corrected chi connectivity index (χ1v) is 6.04. The molecule has 0 aliphatic rings. The third-order valence-electron chi connectivity index (χ3n) is 2.49. The third-order valence-corrected chi connectivity index (χ3v) is 2.49. The number of hydrazone groups is 1. The van der Waals surface area contributed by atoms with E-state index in [9.17, 15) is 25.0 Å². The molecule has 23 heavy (non-hydrogen) atoms. The number of urea groups is 1. The number of furan rings is 1. The zero-order valence-electron chi connectivity index (χ0n) is 11.3. The van der Waals surface area contributed by atoms with Crippen LogP contribution in [0.4, 0.5) is 22.1 Å². The molecule has 0 fully saturated rings. The molecule has 11 nitrogen and oxygen atoms in total. The van der Waals surface area contributed by atoms with E-state index in [1.54, 1.807) is 0 Å². The maximum atomic E-state index is 11.5. The molecular weight excluding hydrogens is 310 g/mol. The summed E-state index contributed by atoms with van der Waals surface area (Å²) in [6.45, 7) is 0. The Morgan fingerprint density at radius 2 is 1.78 bits per heavy atom. The van der Waals surface area contributed by atoms with Gasteiger partial charge in [-0.1, -0.05) is 0 Å². The Balaban J connectivity index is 1.87. The lowest BCUT2D eigenvalue weighted by Crippen LogP contribution is -2.24. The molecule has 2 rings (SSSR count). The van der Waals surface area contributed by atoms with Gasteiger partial charge in [-0.15, -0.1) is 0 Å². The van der Waals surface area contributed by atoms with E-state index in [2.05, 4.69) is 15.8 Å². The van der Waals surface area contributed by atoms with Gasteiger partial charge in [0.25, 0.3) is 5.69 Å². The van der Waals surface area contributed by atoms with Crippen LogP contribution in [0.25, 0.3) is 0 Å². The second-order valence-corrected chi connectivity index (χ2v) is 4.06. The number of benzene rings is 1. The maximum Gasteiger partial charge on any atom is 0.433 e. The van der Waals surface area contributed by atoms with Crippen molar-refractivity contribution in [2.45, 2.75) is 0 Å². The second-order valence-electron chi connectivity index (χ2n) is 4.06. The van der Waals surface area contributed by atoms with Crippen molar-refractivity contribution in [2.24, 2.45) is 5.10 Å². The molecule has 0 saturated carbocycles. The first kappa shape index (κ1) is 15.6. The molecule has 0 saturated heterocycles. The molecule has 118 valence electrons. The summed E-state index contributed by atoms with van der Waals surface area (Å²) in [6, 6.07) is 6.96. The Morgan fingerprint density at radius 3 is 2.35 bits per heavy atom. The number of hydrogen-bond donors (Lipinski definition) is 2. The van der Waals surface area contributed by atoms with Crippen molar-refractivity contribution >= 4 is 29.5 Å². The summed E-state index contributed by atoms with van der Waals surface area (Å²) >= 11 is 0. The van der Waals surface area contributed by atoms with Crippen molar-refractivity contribution in [3.05, 3.63) is 62.4 Å². The number of nitrogens with zero attached hydrogens (tertiary/aromatic N) is 3. The quantitative estimate of drug-likeness (QED) is 0.489. The molecule has 0 unspecified atom stereocenters. The first-order chi connectivity index (χ1) is 11.0. The van der Waals surface area contributed by atoms with Gasteiger partial charge in [-0.25, -0.2) is 10.2 Å². The van der Waals surface area contributed by atoms with Gasteiger partial charge in [0, 0.05) is 17.8 Å². The van der Waals surface area contributed by atoms with Crippen LogP contribution in [0.1, 0.15) is 5.76 Å². The van der Waals surface area contributed by atoms with E-state index in [4.69, 9.17) is 4.42 Å². The fraction of sp³-hybridized carbons (Fsp3) is 0. The highest BCUT2D eigenvalue weighted by Gasteiger charge is 2.10. The zero-order chi connectivity index (χ0) is 16.8. The Morgan fingerprint density at radius 1 is 1.09 bits per heavy atom. The standard InChI is InChI=1S/C12H9N5O6/c18-12(14-8-1-3-9(4-2-8)16(19)20)15-13-7-10-5-6-11(23-10)17(21)22/h1-7H,(H2,14,15,18)/b13-7+. The van der Waals surface area contributed by atoms with Gasteiger partial charge in [-0.2, -0.15) is 5.10 Å². The lowest BCUT2D eigenvalue weighted by molar-refractivity contribution is -0.402. The van der Waals surface area contributed by atoms with Gasteiger partial charge in [0.15, 0.2) is 5.76 Å². The predicted octanol–water partition coefficient (Wildman–Crippen LogP) is 2.25. The topological polar surface area (TPSA) is 153 Å². The van der Waals surface area contributed by atoms with Crippen molar-refractivity contribution in [1.82, 2.24) is 5.43 Å². The van der Waals surface area contributed by atoms with E-state index < -0.39 is 21.8 Å². The van der Waals surface area contributed by atoms with E-state index >= 15 is 0 Å². The molecule has 0 bridgehead atoms. The summed E-state index contributed by atoms with van der Waals surface area (Å²) in [5.74, 6) is -0.353. The molecule has 0 atom stereocenters. The number of amides is 2. The highest BCUT2D eigenvalue weighted by molar-refractivity contribution is 5.90. The summed E-state index contributed by atoms with van der Waals surface area (Å²) in [4.78, 5) is 31.2. The van der Waals surface area contributed by atoms with Gasteiger partial charge in [0.2, 0.25) is 0 Å². The van der Waals surface area contributed by atoms with Crippen LogP contribution in [0.2, 0.25) is 0 Å². The number of nitrogens with one attached hydrogen (secondary N) is 2. The van der Waals surface area contributed by atoms with E-state index in [1.807, 2.05) is 0 Å². The van der Waals surface area contributed by atoms with Crippen LogP contribution in [-0.4, -0.2) is 22.1 Å². The Hall–Kier alpha value is -3.76. The molecule has 1 aromatic carbocycles. The van der Waals surface area contributed by atoms with Gasteiger partial charge in [0.1, 0.15) is 4.92 Å². The van der Waals surface area contributed by atoms with Gasteiger partial charge < -0.3 is 9.73 Å². The molecule has 2 N–H and O–H groups in total. The summed E-state index contributed by atoms with van der Waals surface area (Å²) in [6.07, 6.45) is 1.09. The fourth-order valence-corrected chi connectivity index (χ4v) is 1.49. The van der Waals surface area contributed by atoms with Crippen LogP contribution in [0, 0.1) is 20.2 Å². The van der Waals surface area contributed by atoms with Crippen molar-refractivity contribution in [3.8, 4) is 0 Å². The zero-order valence-corrected chi connectivity index (χ0v) is 11.3. The van der Waals surface area contributed by atoms with Crippen LogP contribution in [-0.2, 0) is 0 Å². The fourth-order valence-electron chi connectivity index (χ4n) is 1.49. The minimum Gasteiger partial charge on any atom is -0.400 e. The minimum atomic E-state index is -0.702. The molecule has 0 aliphatic carbocycles. The number of carbonyl (C=O) groups excluding carboxylic acids is 1. The highest BCUT2D eigenvalue weighted by Crippen LogP contribution is 2.15. The number of non-ortho nitro benzene ring substituents is 1. The Labute approximate surface area is 127 Å². The van der Waals surface area contributed by atoms with E-state index in [0.29, 0.717) is 5.69 Å². The van der Waals surface area contributed by atoms with Gasteiger partial charge in [-0.05, 0) is 18.2 Å². The Bertz CT molecular complexity index is 767. The number of nitro groups is 2. The summed E-state index contributed by atoms with van der Waals surface area (Å²) in [5, 5.41) is 26.8. The predicted molar refractivity (Wildman–Crippen MR) is 78.2 cm³/mol. The van der Waals surface area contributed by atoms with Crippen LogP contribution < -0.4 is 10.7 Å².